The lowest BCUT2D eigenvalue weighted by molar-refractivity contribution is 0.0402. The standard InChI is InChI=1S/C17H36N2O2/c1-14(2)15-12-18-16(17(3,4)5)13-19(15)8-7-9-21-11-10-20-6/h14-16,18H,7-13H2,1-6H3. The highest BCUT2D eigenvalue weighted by Crippen LogP contribution is 2.25. The first kappa shape index (κ1) is 18.9. The van der Waals surface area contributed by atoms with E-state index >= 15 is 0 Å². The van der Waals surface area contributed by atoms with Gasteiger partial charge in [0.1, 0.15) is 0 Å². The van der Waals surface area contributed by atoms with Crippen molar-refractivity contribution < 1.29 is 9.47 Å². The summed E-state index contributed by atoms with van der Waals surface area (Å²) in [5, 5.41) is 3.75. The van der Waals surface area contributed by atoms with E-state index in [1.807, 2.05) is 0 Å². The molecule has 0 aliphatic carbocycles. The minimum Gasteiger partial charge on any atom is -0.382 e. The average molecular weight is 300 g/mol. The van der Waals surface area contributed by atoms with Crippen molar-refractivity contribution >= 4 is 0 Å². The van der Waals surface area contributed by atoms with E-state index in [4.69, 9.17) is 9.47 Å². The van der Waals surface area contributed by atoms with Crippen molar-refractivity contribution in [2.75, 3.05) is 46.6 Å². The summed E-state index contributed by atoms with van der Waals surface area (Å²) in [5.41, 5.74) is 0.315. The zero-order valence-corrected chi connectivity index (χ0v) is 14.9. The number of methoxy groups -OCH3 is 1. The first-order valence-corrected chi connectivity index (χ1v) is 8.40. The number of nitrogens with zero attached hydrogens (tertiary/aromatic N) is 1. The molecule has 1 saturated heterocycles. The highest BCUT2D eigenvalue weighted by molar-refractivity contribution is 4.92. The summed E-state index contributed by atoms with van der Waals surface area (Å²) in [6.07, 6.45) is 1.10. The van der Waals surface area contributed by atoms with E-state index in [2.05, 4.69) is 44.8 Å². The van der Waals surface area contributed by atoms with Crippen molar-refractivity contribution in [2.24, 2.45) is 11.3 Å². The van der Waals surface area contributed by atoms with Gasteiger partial charge in [0.05, 0.1) is 13.2 Å². The Morgan fingerprint density at radius 2 is 1.90 bits per heavy atom. The average Bonchev–Trinajstić information content (AvgIpc) is 2.41. The predicted molar refractivity (Wildman–Crippen MR) is 88.8 cm³/mol. The number of nitrogens with one attached hydrogen (secondary N) is 1. The monoisotopic (exact) mass is 300 g/mol. The van der Waals surface area contributed by atoms with Crippen molar-refractivity contribution in [1.82, 2.24) is 10.2 Å². The quantitative estimate of drug-likeness (QED) is 0.698. The molecule has 0 radical (unpaired) electrons. The van der Waals surface area contributed by atoms with Crippen LogP contribution in [0.1, 0.15) is 41.0 Å². The van der Waals surface area contributed by atoms with Gasteiger partial charge in [-0.15, -0.1) is 0 Å². The van der Waals surface area contributed by atoms with E-state index in [0.717, 1.165) is 32.7 Å². The lowest BCUT2D eigenvalue weighted by Crippen LogP contribution is -2.61. The summed E-state index contributed by atoms with van der Waals surface area (Å²) in [6, 6.07) is 1.21. The lowest BCUT2D eigenvalue weighted by Gasteiger charge is -2.46. The van der Waals surface area contributed by atoms with E-state index in [0.29, 0.717) is 36.6 Å². The van der Waals surface area contributed by atoms with Gasteiger partial charge in [0.2, 0.25) is 0 Å². The Morgan fingerprint density at radius 1 is 1.19 bits per heavy atom. The van der Waals surface area contributed by atoms with Crippen LogP contribution >= 0.6 is 0 Å². The molecule has 2 unspecified atom stereocenters. The summed E-state index contributed by atoms with van der Waals surface area (Å²) >= 11 is 0. The number of hydrogen-bond donors (Lipinski definition) is 1. The molecule has 0 bridgehead atoms. The summed E-state index contributed by atoms with van der Waals surface area (Å²) < 4.78 is 10.6. The Bertz CT molecular complexity index is 276. The van der Waals surface area contributed by atoms with Gasteiger partial charge in [-0.2, -0.15) is 0 Å². The van der Waals surface area contributed by atoms with Crippen LogP contribution in [-0.4, -0.2) is 63.5 Å². The Hall–Kier alpha value is -0.160. The first-order valence-electron chi connectivity index (χ1n) is 8.40. The number of piperazine rings is 1. The largest absolute Gasteiger partial charge is 0.382 e. The molecule has 1 fully saturated rings. The molecule has 0 aromatic carbocycles. The Labute approximate surface area is 131 Å². The molecular formula is C17H36N2O2. The van der Waals surface area contributed by atoms with Gasteiger partial charge in [-0.1, -0.05) is 34.6 Å². The third kappa shape index (κ3) is 6.64. The van der Waals surface area contributed by atoms with Crippen LogP contribution in [0.5, 0.6) is 0 Å². The third-order valence-corrected chi connectivity index (χ3v) is 4.44. The second kappa shape index (κ2) is 9.09. The van der Waals surface area contributed by atoms with Crippen LogP contribution in [0.25, 0.3) is 0 Å². The van der Waals surface area contributed by atoms with Crippen LogP contribution in [-0.2, 0) is 9.47 Å². The molecule has 4 nitrogen and oxygen atoms in total. The highest BCUT2D eigenvalue weighted by atomic mass is 16.5. The SMILES string of the molecule is COCCOCCCN1CC(C(C)(C)C)NCC1C(C)C. The molecular weight excluding hydrogens is 264 g/mol. The molecule has 1 aliphatic heterocycles. The lowest BCUT2D eigenvalue weighted by atomic mass is 9.83. The maximum atomic E-state index is 5.59. The zero-order valence-electron chi connectivity index (χ0n) is 14.9. The van der Waals surface area contributed by atoms with Crippen molar-refractivity contribution in [1.29, 1.82) is 0 Å². The van der Waals surface area contributed by atoms with Gasteiger partial charge in [-0.05, 0) is 17.8 Å². The second-order valence-corrected chi connectivity index (χ2v) is 7.59. The Morgan fingerprint density at radius 3 is 2.48 bits per heavy atom. The molecule has 1 heterocycles. The normalized spacial score (nSPS) is 24.7. The smallest absolute Gasteiger partial charge is 0.0700 e. The van der Waals surface area contributed by atoms with Crippen LogP contribution in [0, 0.1) is 11.3 Å². The number of rotatable bonds is 8. The molecule has 1 rings (SSSR count). The van der Waals surface area contributed by atoms with Crippen molar-refractivity contribution in [3.05, 3.63) is 0 Å². The second-order valence-electron chi connectivity index (χ2n) is 7.59. The summed E-state index contributed by atoms with van der Waals surface area (Å²) in [5.74, 6) is 0.688. The fourth-order valence-electron chi connectivity index (χ4n) is 2.94. The number of hydrogen-bond acceptors (Lipinski definition) is 4. The van der Waals surface area contributed by atoms with Crippen molar-refractivity contribution in [3.63, 3.8) is 0 Å². The van der Waals surface area contributed by atoms with Gasteiger partial charge in [0, 0.05) is 45.4 Å². The first-order chi connectivity index (χ1) is 9.86. The molecule has 1 aliphatic rings. The topological polar surface area (TPSA) is 33.7 Å². The minimum atomic E-state index is 0.315. The van der Waals surface area contributed by atoms with Gasteiger partial charge in [-0.25, -0.2) is 0 Å². The van der Waals surface area contributed by atoms with Crippen LogP contribution in [0.3, 0.4) is 0 Å². The van der Waals surface area contributed by atoms with Gasteiger partial charge < -0.3 is 14.8 Å². The fraction of sp³-hybridized carbons (Fsp3) is 1.00. The summed E-state index contributed by atoms with van der Waals surface area (Å²) in [4.78, 5) is 2.66. The molecule has 21 heavy (non-hydrogen) atoms. The summed E-state index contributed by atoms with van der Waals surface area (Å²) in [6.45, 7) is 17.2. The summed E-state index contributed by atoms with van der Waals surface area (Å²) in [7, 11) is 1.71. The van der Waals surface area contributed by atoms with E-state index in [9.17, 15) is 0 Å². The van der Waals surface area contributed by atoms with Gasteiger partial charge in [-0.3, -0.25) is 4.90 Å². The maximum Gasteiger partial charge on any atom is 0.0700 e. The molecule has 0 spiro atoms. The third-order valence-electron chi connectivity index (χ3n) is 4.44. The molecule has 0 amide bonds. The van der Waals surface area contributed by atoms with Crippen LogP contribution in [0.2, 0.25) is 0 Å². The van der Waals surface area contributed by atoms with E-state index in [1.54, 1.807) is 7.11 Å². The van der Waals surface area contributed by atoms with Crippen molar-refractivity contribution in [2.45, 2.75) is 53.1 Å². The van der Waals surface area contributed by atoms with Crippen LogP contribution in [0.15, 0.2) is 0 Å². The predicted octanol–water partition coefficient (Wildman–Crippen LogP) is 2.38. The molecule has 126 valence electrons. The molecule has 1 N–H and O–H groups in total. The maximum absolute atomic E-state index is 5.59. The van der Waals surface area contributed by atoms with Gasteiger partial charge in [0.15, 0.2) is 0 Å². The Balaban J connectivity index is 2.41. The van der Waals surface area contributed by atoms with Crippen LogP contribution < -0.4 is 5.32 Å². The molecule has 0 aromatic rings. The molecule has 0 saturated carbocycles. The molecule has 4 heteroatoms. The van der Waals surface area contributed by atoms with Gasteiger partial charge in [0.25, 0.3) is 0 Å². The van der Waals surface area contributed by atoms with Crippen molar-refractivity contribution in [3.8, 4) is 0 Å². The van der Waals surface area contributed by atoms with E-state index in [1.165, 1.54) is 0 Å². The Kier molecular flexibility index (Phi) is 8.17. The van der Waals surface area contributed by atoms with Crippen LogP contribution in [0.4, 0.5) is 0 Å². The molecule has 0 aromatic heterocycles. The fourth-order valence-corrected chi connectivity index (χ4v) is 2.94. The number of ether oxygens (including phenoxy) is 2. The minimum absolute atomic E-state index is 0.315. The highest BCUT2D eigenvalue weighted by Gasteiger charge is 2.34. The van der Waals surface area contributed by atoms with E-state index < -0.39 is 0 Å². The molecule has 2 atom stereocenters. The van der Waals surface area contributed by atoms with Gasteiger partial charge >= 0.3 is 0 Å². The zero-order chi connectivity index (χ0) is 15.9. The van der Waals surface area contributed by atoms with E-state index in [-0.39, 0.29) is 0 Å².